The summed E-state index contributed by atoms with van der Waals surface area (Å²) in [6, 6.07) is -0.0313. The first-order valence-electron chi connectivity index (χ1n) is 20.1. The number of aliphatic hydroxyl groups is 5. The van der Waals surface area contributed by atoms with E-state index in [1.807, 2.05) is 0 Å². The molecule has 14 nitrogen and oxygen atoms in total. The zero-order valence-electron chi connectivity index (χ0n) is 31.4. The molecule has 0 radical (unpaired) electrons. The number of carboxylic acids is 1. The Labute approximate surface area is 309 Å². The molecule has 52 heavy (non-hydrogen) atoms. The van der Waals surface area contributed by atoms with Crippen molar-refractivity contribution in [3.63, 3.8) is 0 Å². The van der Waals surface area contributed by atoms with Crippen molar-refractivity contribution < 1.29 is 54.4 Å². The second kappa shape index (κ2) is 19.7. The van der Waals surface area contributed by atoms with Crippen LogP contribution in [0.1, 0.15) is 103 Å². The zero-order valence-corrected chi connectivity index (χ0v) is 31.4. The molecule has 0 spiro atoms. The molecule has 14 heteroatoms. The van der Waals surface area contributed by atoms with Crippen LogP contribution in [0.15, 0.2) is 0 Å². The van der Waals surface area contributed by atoms with Gasteiger partial charge in [0.2, 0.25) is 0 Å². The van der Waals surface area contributed by atoms with Gasteiger partial charge in [-0.15, -0.1) is 0 Å². The molecule has 9 unspecified atom stereocenters. The second-order valence-electron chi connectivity index (χ2n) is 17.0. The average Bonchev–Trinajstić information content (AvgIpc) is 3.10. The van der Waals surface area contributed by atoms with E-state index in [-0.39, 0.29) is 68.0 Å². The Morgan fingerprint density at radius 2 is 1.69 bits per heavy atom. The lowest BCUT2D eigenvalue weighted by molar-refractivity contribution is -0.200. The Kier molecular flexibility index (Phi) is 16.0. The molecule has 0 bridgehead atoms. The lowest BCUT2D eigenvalue weighted by Gasteiger charge is -2.50. The van der Waals surface area contributed by atoms with E-state index in [2.05, 4.69) is 17.6 Å². The molecule has 3 heterocycles. The molecule has 0 amide bonds. The first kappa shape index (κ1) is 42.1. The fourth-order valence-electron chi connectivity index (χ4n) is 10.6. The van der Waals surface area contributed by atoms with Crippen molar-refractivity contribution in [2.45, 2.75) is 170 Å². The van der Waals surface area contributed by atoms with Crippen LogP contribution in [0.4, 0.5) is 0 Å². The molecular formula is C38H69N3O11. The van der Waals surface area contributed by atoms with Crippen LogP contribution in [0.2, 0.25) is 0 Å². The van der Waals surface area contributed by atoms with E-state index < -0.39 is 48.7 Å². The number of carboxylic acid groups (broad SMARTS) is 1. The van der Waals surface area contributed by atoms with Crippen LogP contribution in [0.5, 0.6) is 0 Å². The van der Waals surface area contributed by atoms with Gasteiger partial charge < -0.3 is 66.0 Å². The standard InChI is InChI=1S/C38H69N3O11/c1-22-7-10-38(19-35(46)47,18-24-8-11-40-34(39)14-24)33(41-22)20-50-32-16-25(15-31(49-2)36(32)48)37-27(9-12-42)29(45)17-26(52-37)5-3-23-4-6-28(44)30(13-23)51-21-43/h22-34,36-37,40-45,48H,3-21,39H2,1-2H3,(H,46,47)/t22-,23?,24?,25?,26+,27+,28?,29+,30?,31?,32?,33+,34?,36?,37+,38+/m1/s1. The topological polar surface area (TPSA) is 225 Å². The van der Waals surface area contributed by atoms with Gasteiger partial charge in [-0.05, 0) is 127 Å². The van der Waals surface area contributed by atoms with Crippen LogP contribution < -0.4 is 16.4 Å². The van der Waals surface area contributed by atoms with Crippen molar-refractivity contribution in [2.24, 2.45) is 34.8 Å². The molecule has 3 saturated heterocycles. The van der Waals surface area contributed by atoms with Gasteiger partial charge in [0, 0.05) is 31.7 Å². The highest BCUT2D eigenvalue weighted by Crippen LogP contribution is 2.46. The van der Waals surface area contributed by atoms with Gasteiger partial charge in [-0.25, -0.2) is 0 Å². The van der Waals surface area contributed by atoms with Gasteiger partial charge >= 0.3 is 5.97 Å². The molecule has 0 aromatic rings. The minimum atomic E-state index is -0.894. The van der Waals surface area contributed by atoms with Crippen molar-refractivity contribution in [3.05, 3.63) is 0 Å². The van der Waals surface area contributed by atoms with Gasteiger partial charge in [-0.3, -0.25) is 4.79 Å². The Bertz CT molecular complexity index is 1090. The summed E-state index contributed by atoms with van der Waals surface area (Å²) in [5.74, 6) is -0.605. The number of ether oxygens (including phenoxy) is 4. The number of aliphatic carboxylic acids is 1. The van der Waals surface area contributed by atoms with Crippen LogP contribution in [-0.4, -0.2) is 137 Å². The van der Waals surface area contributed by atoms with E-state index in [9.17, 15) is 35.4 Å². The fraction of sp³-hybridized carbons (Fsp3) is 0.974. The third-order valence-electron chi connectivity index (χ3n) is 13.4. The maximum Gasteiger partial charge on any atom is 0.303 e. The van der Waals surface area contributed by atoms with E-state index in [0.29, 0.717) is 50.4 Å². The van der Waals surface area contributed by atoms with E-state index in [4.69, 9.17) is 24.7 Å². The second-order valence-corrected chi connectivity index (χ2v) is 17.0. The Morgan fingerprint density at radius 1 is 0.904 bits per heavy atom. The first-order valence-corrected chi connectivity index (χ1v) is 20.1. The van der Waals surface area contributed by atoms with Crippen LogP contribution in [0.3, 0.4) is 0 Å². The molecule has 10 N–H and O–H groups in total. The molecule has 2 aliphatic carbocycles. The highest BCUT2D eigenvalue weighted by Gasteiger charge is 2.50. The molecule has 2 saturated carbocycles. The van der Waals surface area contributed by atoms with Crippen LogP contribution >= 0.6 is 0 Å². The highest BCUT2D eigenvalue weighted by atomic mass is 16.6. The van der Waals surface area contributed by atoms with Crippen molar-refractivity contribution in [3.8, 4) is 0 Å². The van der Waals surface area contributed by atoms with Gasteiger partial charge in [0.1, 0.15) is 12.9 Å². The average molecular weight is 744 g/mol. The summed E-state index contributed by atoms with van der Waals surface area (Å²) in [6.07, 6.45) is 5.44. The molecule has 0 aromatic carbocycles. The molecule has 16 atom stereocenters. The van der Waals surface area contributed by atoms with Crippen LogP contribution in [0, 0.1) is 29.1 Å². The monoisotopic (exact) mass is 743 g/mol. The number of hydrogen-bond acceptors (Lipinski definition) is 13. The Morgan fingerprint density at radius 3 is 2.40 bits per heavy atom. The fourth-order valence-corrected chi connectivity index (χ4v) is 10.6. The summed E-state index contributed by atoms with van der Waals surface area (Å²) in [6.45, 7) is 2.68. The summed E-state index contributed by atoms with van der Waals surface area (Å²) in [7, 11) is 1.58. The minimum absolute atomic E-state index is 0.0328. The van der Waals surface area contributed by atoms with Crippen LogP contribution in [0.25, 0.3) is 0 Å². The zero-order chi connectivity index (χ0) is 37.4. The first-order chi connectivity index (χ1) is 24.9. The summed E-state index contributed by atoms with van der Waals surface area (Å²) < 4.78 is 24.7. The molecule has 5 fully saturated rings. The SMILES string of the molecule is COC1CC([C@@H]2O[C@@H](CCC3CCC(O)C(OCO)C3)C[C@H](O)[C@@H]2CCO)CC(OC[C@@H]2N[C@H](C)CC[C@@]2(CC(=O)O)CC2CCNC(N)C2)C1O. The summed E-state index contributed by atoms with van der Waals surface area (Å²) in [4.78, 5) is 12.4. The van der Waals surface area contributed by atoms with Crippen molar-refractivity contribution in [1.82, 2.24) is 10.6 Å². The van der Waals surface area contributed by atoms with Gasteiger partial charge in [0.15, 0.2) is 0 Å². The third kappa shape index (κ3) is 10.8. The molecule has 5 aliphatic rings. The summed E-state index contributed by atoms with van der Waals surface area (Å²) >= 11 is 0. The molecule has 302 valence electrons. The maximum absolute atomic E-state index is 12.4. The Balaban J connectivity index is 1.28. The number of rotatable bonds is 16. The van der Waals surface area contributed by atoms with E-state index in [1.165, 1.54) is 0 Å². The number of piperidine rings is 2. The van der Waals surface area contributed by atoms with E-state index >= 15 is 0 Å². The number of carbonyl (C=O) groups is 1. The Hall–Kier alpha value is -1.01. The normalized spacial score (nSPS) is 44.7. The van der Waals surface area contributed by atoms with E-state index in [1.54, 1.807) is 7.11 Å². The quantitative estimate of drug-likeness (QED) is 0.101. The van der Waals surface area contributed by atoms with Crippen LogP contribution in [-0.2, 0) is 23.7 Å². The molecule has 0 aromatic heterocycles. The summed E-state index contributed by atoms with van der Waals surface area (Å²) in [5.41, 5.74) is 5.73. The predicted octanol–water partition coefficient (Wildman–Crippen LogP) is 1.23. The largest absolute Gasteiger partial charge is 0.481 e. The van der Waals surface area contributed by atoms with E-state index in [0.717, 1.165) is 57.9 Å². The predicted molar refractivity (Wildman–Crippen MR) is 192 cm³/mol. The molecule has 5 rings (SSSR count). The van der Waals surface area contributed by atoms with Gasteiger partial charge in [-0.1, -0.05) is 0 Å². The minimum Gasteiger partial charge on any atom is -0.481 e. The third-order valence-corrected chi connectivity index (χ3v) is 13.4. The molecule has 3 aliphatic heterocycles. The number of nitrogens with one attached hydrogen (secondary N) is 2. The molecular weight excluding hydrogens is 674 g/mol. The number of aliphatic hydroxyl groups excluding tert-OH is 5. The van der Waals surface area contributed by atoms with Gasteiger partial charge in [0.05, 0.1) is 61.9 Å². The maximum atomic E-state index is 12.4. The number of methoxy groups -OCH3 is 1. The number of nitrogens with two attached hydrogens (primary N) is 1. The summed E-state index contributed by atoms with van der Waals surface area (Å²) in [5, 5.41) is 69.6. The van der Waals surface area contributed by atoms with Crippen molar-refractivity contribution in [2.75, 3.05) is 33.7 Å². The van der Waals surface area contributed by atoms with Crippen molar-refractivity contribution in [1.29, 1.82) is 0 Å². The van der Waals surface area contributed by atoms with Gasteiger partial charge in [-0.2, -0.15) is 0 Å². The van der Waals surface area contributed by atoms with Crippen molar-refractivity contribution >= 4 is 5.97 Å². The number of hydrogen-bond donors (Lipinski definition) is 9. The highest BCUT2D eigenvalue weighted by molar-refractivity contribution is 5.68. The van der Waals surface area contributed by atoms with Gasteiger partial charge in [0.25, 0.3) is 0 Å². The lowest BCUT2D eigenvalue weighted by atomic mass is 9.64. The smallest absolute Gasteiger partial charge is 0.303 e. The lowest BCUT2D eigenvalue weighted by Crippen LogP contribution is -2.59.